The molecule has 0 saturated carbocycles. The first-order valence-corrected chi connectivity index (χ1v) is 5.85. The van der Waals surface area contributed by atoms with E-state index >= 15 is 0 Å². The van der Waals surface area contributed by atoms with Gasteiger partial charge < -0.3 is 15.0 Å². The van der Waals surface area contributed by atoms with Crippen LogP contribution in [0.25, 0.3) is 0 Å². The van der Waals surface area contributed by atoms with Gasteiger partial charge in [-0.1, -0.05) is 0 Å². The van der Waals surface area contributed by atoms with Gasteiger partial charge in [-0.3, -0.25) is 0 Å². The molecule has 0 aromatic carbocycles. The molecule has 1 rings (SSSR count). The number of unbranched alkanes of at least 4 members (excludes halogenated alkanes) is 1. The Bertz CT molecular complexity index is 124. The first-order valence-electron chi connectivity index (χ1n) is 5.85. The highest BCUT2D eigenvalue weighted by molar-refractivity contribution is 4.65. The molecule has 0 unspecified atom stereocenters. The van der Waals surface area contributed by atoms with Crippen LogP contribution in [0.4, 0.5) is 0 Å². The molecule has 0 radical (unpaired) electrons. The first kappa shape index (κ1) is 12.0. The van der Waals surface area contributed by atoms with Crippen molar-refractivity contribution in [2.24, 2.45) is 0 Å². The summed E-state index contributed by atoms with van der Waals surface area (Å²) >= 11 is 0. The Hall–Kier alpha value is -0.120. The second kappa shape index (κ2) is 8.21. The topological polar surface area (TPSA) is 24.5 Å². The fourth-order valence-electron chi connectivity index (χ4n) is 1.89. The minimum atomic E-state index is 0.826. The molecule has 84 valence electrons. The number of ether oxygens (including phenoxy) is 1. The van der Waals surface area contributed by atoms with Crippen LogP contribution in [0.1, 0.15) is 25.7 Å². The molecular weight excluding hydrogens is 176 g/mol. The van der Waals surface area contributed by atoms with Crippen LogP contribution in [0.15, 0.2) is 0 Å². The molecule has 1 aliphatic rings. The Morgan fingerprint density at radius 2 is 1.93 bits per heavy atom. The van der Waals surface area contributed by atoms with Crippen LogP contribution in [-0.2, 0) is 4.74 Å². The molecule has 0 amide bonds. The Labute approximate surface area is 87.8 Å². The Balaban J connectivity index is 1.75. The minimum absolute atomic E-state index is 0.826. The second-order valence-corrected chi connectivity index (χ2v) is 4.00. The quantitative estimate of drug-likeness (QED) is 0.594. The lowest BCUT2D eigenvalue weighted by Crippen LogP contribution is -2.23. The number of hydrogen-bond donors (Lipinski definition) is 1. The predicted molar refractivity (Wildman–Crippen MR) is 59.7 cm³/mol. The van der Waals surface area contributed by atoms with Gasteiger partial charge in [0.15, 0.2) is 0 Å². The third kappa shape index (κ3) is 5.58. The number of nitrogens with zero attached hydrogens (tertiary/aromatic N) is 1. The van der Waals surface area contributed by atoms with Crippen LogP contribution in [0.5, 0.6) is 0 Å². The molecule has 1 aliphatic heterocycles. The SMILES string of the molecule is COCCNCCCCN1CCCC1. The summed E-state index contributed by atoms with van der Waals surface area (Å²) in [5.41, 5.74) is 0. The average molecular weight is 200 g/mol. The van der Waals surface area contributed by atoms with Crippen molar-refractivity contribution in [3.05, 3.63) is 0 Å². The summed E-state index contributed by atoms with van der Waals surface area (Å²) in [6.45, 7) is 6.91. The van der Waals surface area contributed by atoms with Gasteiger partial charge in [0.1, 0.15) is 0 Å². The Kier molecular flexibility index (Phi) is 7.01. The van der Waals surface area contributed by atoms with E-state index in [0.717, 1.165) is 19.7 Å². The van der Waals surface area contributed by atoms with Crippen molar-refractivity contribution in [3.63, 3.8) is 0 Å². The van der Waals surface area contributed by atoms with Crippen molar-refractivity contribution in [1.29, 1.82) is 0 Å². The van der Waals surface area contributed by atoms with Crippen molar-refractivity contribution in [1.82, 2.24) is 10.2 Å². The van der Waals surface area contributed by atoms with Gasteiger partial charge in [0, 0.05) is 13.7 Å². The third-order valence-corrected chi connectivity index (χ3v) is 2.76. The molecule has 3 nitrogen and oxygen atoms in total. The number of likely N-dealkylation sites (tertiary alicyclic amines) is 1. The maximum Gasteiger partial charge on any atom is 0.0587 e. The molecule has 0 aromatic rings. The van der Waals surface area contributed by atoms with Gasteiger partial charge in [-0.05, 0) is 51.9 Å². The molecule has 1 heterocycles. The smallest absolute Gasteiger partial charge is 0.0587 e. The van der Waals surface area contributed by atoms with E-state index in [1.54, 1.807) is 7.11 Å². The van der Waals surface area contributed by atoms with Gasteiger partial charge in [-0.25, -0.2) is 0 Å². The third-order valence-electron chi connectivity index (χ3n) is 2.76. The molecule has 1 N–H and O–H groups in total. The fraction of sp³-hybridized carbons (Fsp3) is 1.00. The average Bonchev–Trinajstić information content (AvgIpc) is 2.69. The van der Waals surface area contributed by atoms with Gasteiger partial charge >= 0.3 is 0 Å². The Morgan fingerprint density at radius 3 is 2.64 bits per heavy atom. The van der Waals surface area contributed by atoms with E-state index in [1.165, 1.54) is 45.3 Å². The maximum absolute atomic E-state index is 4.96. The maximum atomic E-state index is 4.96. The lowest BCUT2D eigenvalue weighted by molar-refractivity contribution is 0.199. The zero-order chi connectivity index (χ0) is 10.1. The summed E-state index contributed by atoms with van der Waals surface area (Å²) in [4.78, 5) is 2.58. The molecule has 0 aromatic heterocycles. The van der Waals surface area contributed by atoms with Crippen LogP contribution in [0.2, 0.25) is 0 Å². The molecule has 1 fully saturated rings. The van der Waals surface area contributed by atoms with E-state index in [-0.39, 0.29) is 0 Å². The largest absolute Gasteiger partial charge is 0.383 e. The molecular formula is C11H24N2O. The molecule has 0 bridgehead atoms. The zero-order valence-electron chi connectivity index (χ0n) is 9.43. The number of methoxy groups -OCH3 is 1. The molecule has 3 heteroatoms. The summed E-state index contributed by atoms with van der Waals surface area (Å²) in [5, 5.41) is 3.37. The minimum Gasteiger partial charge on any atom is -0.383 e. The van der Waals surface area contributed by atoms with Crippen molar-refractivity contribution in [2.45, 2.75) is 25.7 Å². The highest BCUT2D eigenvalue weighted by Gasteiger charge is 2.09. The normalized spacial score (nSPS) is 17.8. The van der Waals surface area contributed by atoms with Crippen LogP contribution in [0.3, 0.4) is 0 Å². The summed E-state index contributed by atoms with van der Waals surface area (Å²) in [7, 11) is 1.75. The Morgan fingerprint density at radius 1 is 1.14 bits per heavy atom. The van der Waals surface area contributed by atoms with Crippen LogP contribution in [0, 0.1) is 0 Å². The van der Waals surface area contributed by atoms with Gasteiger partial charge in [-0.2, -0.15) is 0 Å². The lowest BCUT2D eigenvalue weighted by Gasteiger charge is -2.13. The molecule has 0 atom stereocenters. The van der Waals surface area contributed by atoms with Gasteiger partial charge in [-0.15, -0.1) is 0 Å². The van der Waals surface area contributed by atoms with Crippen molar-refractivity contribution in [3.8, 4) is 0 Å². The molecule has 14 heavy (non-hydrogen) atoms. The van der Waals surface area contributed by atoms with Crippen LogP contribution < -0.4 is 5.32 Å². The van der Waals surface area contributed by atoms with Gasteiger partial charge in [0.25, 0.3) is 0 Å². The van der Waals surface area contributed by atoms with Crippen molar-refractivity contribution < 1.29 is 4.74 Å². The highest BCUT2D eigenvalue weighted by Crippen LogP contribution is 2.07. The molecule has 0 spiro atoms. The van der Waals surface area contributed by atoms with Crippen LogP contribution >= 0.6 is 0 Å². The standard InChI is InChI=1S/C11H24N2O/c1-14-11-7-12-6-2-3-8-13-9-4-5-10-13/h12H,2-11H2,1H3. The molecule has 0 aliphatic carbocycles. The summed E-state index contributed by atoms with van der Waals surface area (Å²) in [5.74, 6) is 0. The van der Waals surface area contributed by atoms with Gasteiger partial charge in [0.2, 0.25) is 0 Å². The second-order valence-electron chi connectivity index (χ2n) is 4.00. The number of nitrogens with one attached hydrogen (secondary N) is 1. The van der Waals surface area contributed by atoms with E-state index in [9.17, 15) is 0 Å². The van der Waals surface area contributed by atoms with E-state index in [2.05, 4.69) is 10.2 Å². The van der Waals surface area contributed by atoms with E-state index in [1.807, 2.05) is 0 Å². The monoisotopic (exact) mass is 200 g/mol. The van der Waals surface area contributed by atoms with E-state index in [4.69, 9.17) is 4.74 Å². The number of rotatable bonds is 8. The first-order chi connectivity index (χ1) is 6.93. The summed E-state index contributed by atoms with van der Waals surface area (Å²) in [6, 6.07) is 0. The van der Waals surface area contributed by atoms with E-state index < -0.39 is 0 Å². The zero-order valence-corrected chi connectivity index (χ0v) is 9.43. The summed E-state index contributed by atoms with van der Waals surface area (Å²) < 4.78 is 4.96. The number of hydrogen-bond acceptors (Lipinski definition) is 3. The molecule has 1 saturated heterocycles. The van der Waals surface area contributed by atoms with Crippen LogP contribution in [-0.4, -0.2) is 51.3 Å². The van der Waals surface area contributed by atoms with Crippen molar-refractivity contribution >= 4 is 0 Å². The fourth-order valence-corrected chi connectivity index (χ4v) is 1.89. The lowest BCUT2D eigenvalue weighted by atomic mass is 10.3. The highest BCUT2D eigenvalue weighted by atomic mass is 16.5. The van der Waals surface area contributed by atoms with Gasteiger partial charge in [0.05, 0.1) is 6.61 Å². The van der Waals surface area contributed by atoms with Crippen molar-refractivity contribution in [2.75, 3.05) is 46.4 Å². The van der Waals surface area contributed by atoms with E-state index in [0.29, 0.717) is 0 Å². The predicted octanol–water partition coefficient (Wildman–Crippen LogP) is 1.10. The summed E-state index contributed by atoms with van der Waals surface area (Å²) in [6.07, 6.45) is 5.44.